The molecule has 14 heavy (non-hydrogen) atoms. The smallest absolute Gasteiger partial charge is 0.103 e. The number of anilines is 1. The van der Waals surface area contributed by atoms with Crippen molar-refractivity contribution in [3.63, 3.8) is 0 Å². The molecule has 0 unspecified atom stereocenters. The fourth-order valence-electron chi connectivity index (χ4n) is 1.31. The molecule has 0 saturated carbocycles. The molecule has 0 fully saturated rings. The van der Waals surface area contributed by atoms with E-state index < -0.39 is 8.07 Å². The van der Waals surface area contributed by atoms with Gasteiger partial charge in [-0.3, -0.25) is 0 Å². The van der Waals surface area contributed by atoms with Crippen molar-refractivity contribution in [1.82, 2.24) is 0 Å². The Bertz CT molecular complexity index is 312. The zero-order valence-corrected chi connectivity index (χ0v) is 10.5. The molecule has 0 N–H and O–H groups in total. The second-order valence-corrected chi connectivity index (χ2v) is 8.80. The van der Waals surface area contributed by atoms with Gasteiger partial charge in [-0.25, -0.2) is 0 Å². The third-order valence-electron chi connectivity index (χ3n) is 2.64. The molecule has 0 atom stereocenters. The minimum atomic E-state index is -1.37. The van der Waals surface area contributed by atoms with Gasteiger partial charge in [-0.2, -0.15) is 0 Å². The number of nitrogens with zero attached hydrogens (tertiary/aromatic N) is 1. The molecule has 0 aromatic heterocycles. The van der Waals surface area contributed by atoms with Gasteiger partial charge >= 0.3 is 0 Å². The molecule has 0 bridgehead atoms. The summed E-state index contributed by atoms with van der Waals surface area (Å²) in [6.07, 6.45) is 0. The lowest BCUT2D eigenvalue weighted by atomic mass is 10.3. The highest BCUT2D eigenvalue weighted by atomic mass is 28.3. The summed E-state index contributed by atoms with van der Waals surface area (Å²) in [5.74, 6) is 0. The Balaban J connectivity index is 2.99. The van der Waals surface area contributed by atoms with Crippen molar-refractivity contribution in [3.8, 4) is 0 Å². The molecule has 0 aliphatic rings. The number of hydrogen-bond donors (Lipinski definition) is 0. The van der Waals surface area contributed by atoms with Crippen LogP contribution in [0, 0.1) is 0 Å². The molecule has 0 heterocycles. The van der Waals surface area contributed by atoms with E-state index >= 15 is 0 Å². The van der Waals surface area contributed by atoms with E-state index in [9.17, 15) is 0 Å². The van der Waals surface area contributed by atoms with Crippen LogP contribution in [0.25, 0.3) is 0 Å². The predicted molar refractivity (Wildman–Crippen MR) is 68.1 cm³/mol. The number of hydrogen-bond acceptors (Lipinski definition) is 1. The molecule has 0 radical (unpaired) electrons. The van der Waals surface area contributed by atoms with Gasteiger partial charge in [0, 0.05) is 19.8 Å². The molecule has 76 valence electrons. The predicted octanol–water partition coefficient (Wildman–Crippen LogP) is 2.39. The Morgan fingerprint density at radius 1 is 1.14 bits per heavy atom. The largest absolute Gasteiger partial charge is 0.378 e. The summed E-state index contributed by atoms with van der Waals surface area (Å²) in [5.41, 5.74) is 3.38. The van der Waals surface area contributed by atoms with Crippen molar-refractivity contribution in [3.05, 3.63) is 36.5 Å². The molecular formula is C12H19NSi. The Morgan fingerprint density at radius 2 is 1.64 bits per heavy atom. The fourth-order valence-corrected chi connectivity index (χ4v) is 2.57. The molecule has 1 aromatic rings. The van der Waals surface area contributed by atoms with E-state index in [-0.39, 0.29) is 0 Å². The Hall–Kier alpha value is -1.02. The quantitative estimate of drug-likeness (QED) is 0.685. The van der Waals surface area contributed by atoms with E-state index in [4.69, 9.17) is 0 Å². The van der Waals surface area contributed by atoms with Crippen molar-refractivity contribution >= 4 is 18.9 Å². The lowest BCUT2D eigenvalue weighted by molar-refractivity contribution is 1.13. The summed E-state index contributed by atoms with van der Waals surface area (Å²) < 4.78 is 0. The lowest BCUT2D eigenvalue weighted by Gasteiger charge is -2.19. The monoisotopic (exact) mass is 205 g/mol. The van der Waals surface area contributed by atoms with E-state index in [1.807, 2.05) is 0 Å². The highest BCUT2D eigenvalue weighted by Crippen LogP contribution is 2.11. The summed E-state index contributed by atoms with van der Waals surface area (Å²) in [5, 5.41) is 1.44. The van der Waals surface area contributed by atoms with Gasteiger partial charge in [-0.1, -0.05) is 36.1 Å². The first-order chi connectivity index (χ1) is 6.47. The highest BCUT2D eigenvalue weighted by molar-refractivity contribution is 6.93. The first-order valence-corrected chi connectivity index (χ1v) is 7.96. The van der Waals surface area contributed by atoms with E-state index in [2.05, 4.69) is 68.6 Å². The first-order valence-electron chi connectivity index (χ1n) is 4.89. The van der Waals surface area contributed by atoms with Crippen LogP contribution in [0.3, 0.4) is 0 Å². The second-order valence-electron chi connectivity index (χ2n) is 4.37. The van der Waals surface area contributed by atoms with Crippen LogP contribution in [-0.4, -0.2) is 22.2 Å². The molecule has 0 aliphatic heterocycles. The van der Waals surface area contributed by atoms with Crippen LogP contribution >= 0.6 is 0 Å². The van der Waals surface area contributed by atoms with Gasteiger partial charge in [0.1, 0.15) is 8.07 Å². The van der Waals surface area contributed by atoms with Crippen molar-refractivity contribution in [2.24, 2.45) is 0 Å². The summed E-state index contributed by atoms with van der Waals surface area (Å²) in [7, 11) is 2.76. The van der Waals surface area contributed by atoms with Crippen molar-refractivity contribution in [2.75, 3.05) is 19.0 Å². The van der Waals surface area contributed by atoms with E-state index in [0.29, 0.717) is 0 Å². The third kappa shape index (κ3) is 2.26. The minimum Gasteiger partial charge on any atom is -0.378 e. The molecule has 1 nitrogen and oxygen atoms in total. The third-order valence-corrected chi connectivity index (χ3v) is 5.48. The average Bonchev–Trinajstić information content (AvgIpc) is 2.18. The standard InChI is InChI=1S/C12H19NSi/c1-6-14(4,5)12-9-7-11(8-10-12)13(2)3/h6-10H,1H2,2-5H3. The zero-order valence-electron chi connectivity index (χ0n) is 9.54. The Kier molecular flexibility index (Phi) is 3.16. The van der Waals surface area contributed by atoms with Crippen LogP contribution in [0.4, 0.5) is 5.69 Å². The molecule has 0 spiro atoms. The maximum Gasteiger partial charge on any atom is 0.103 e. The summed E-state index contributed by atoms with van der Waals surface area (Å²) in [6.45, 7) is 8.54. The molecule has 0 amide bonds. The summed E-state index contributed by atoms with van der Waals surface area (Å²) in [6, 6.07) is 8.80. The fraction of sp³-hybridized carbons (Fsp3) is 0.333. The van der Waals surface area contributed by atoms with Gasteiger partial charge in [-0.05, 0) is 12.1 Å². The molecular weight excluding hydrogens is 186 g/mol. The van der Waals surface area contributed by atoms with Crippen molar-refractivity contribution in [2.45, 2.75) is 13.1 Å². The van der Waals surface area contributed by atoms with Crippen molar-refractivity contribution < 1.29 is 0 Å². The van der Waals surface area contributed by atoms with Crippen LogP contribution in [-0.2, 0) is 0 Å². The zero-order chi connectivity index (χ0) is 10.8. The van der Waals surface area contributed by atoms with E-state index in [0.717, 1.165) is 0 Å². The lowest BCUT2D eigenvalue weighted by Crippen LogP contribution is -2.39. The topological polar surface area (TPSA) is 3.24 Å². The van der Waals surface area contributed by atoms with Crippen LogP contribution in [0.5, 0.6) is 0 Å². The minimum absolute atomic E-state index is 1.25. The van der Waals surface area contributed by atoms with Crippen LogP contribution in [0.2, 0.25) is 13.1 Å². The molecule has 1 aromatic carbocycles. The SMILES string of the molecule is C=C[Si](C)(C)c1ccc(N(C)C)cc1. The highest BCUT2D eigenvalue weighted by Gasteiger charge is 2.18. The molecule has 2 heteroatoms. The van der Waals surface area contributed by atoms with Crippen LogP contribution in [0.1, 0.15) is 0 Å². The maximum absolute atomic E-state index is 3.92. The van der Waals surface area contributed by atoms with Gasteiger partial charge in [0.05, 0.1) is 0 Å². The number of rotatable bonds is 3. The molecule has 0 saturated heterocycles. The molecule has 1 rings (SSSR count). The van der Waals surface area contributed by atoms with Gasteiger partial charge in [0.25, 0.3) is 0 Å². The van der Waals surface area contributed by atoms with Crippen LogP contribution < -0.4 is 10.1 Å². The van der Waals surface area contributed by atoms with E-state index in [1.54, 1.807) is 0 Å². The first kappa shape index (κ1) is 11.1. The normalized spacial score (nSPS) is 11.1. The second kappa shape index (κ2) is 4.01. The van der Waals surface area contributed by atoms with Crippen molar-refractivity contribution in [1.29, 1.82) is 0 Å². The van der Waals surface area contributed by atoms with Gasteiger partial charge in [-0.15, -0.1) is 6.58 Å². The average molecular weight is 205 g/mol. The van der Waals surface area contributed by atoms with Gasteiger partial charge in [0.2, 0.25) is 0 Å². The maximum atomic E-state index is 3.92. The van der Waals surface area contributed by atoms with E-state index in [1.165, 1.54) is 10.9 Å². The Labute approximate surface area is 88.1 Å². The Morgan fingerprint density at radius 3 is 2.00 bits per heavy atom. The van der Waals surface area contributed by atoms with Crippen LogP contribution in [0.15, 0.2) is 36.5 Å². The summed E-state index contributed by atoms with van der Waals surface area (Å²) >= 11 is 0. The molecule has 0 aliphatic carbocycles. The summed E-state index contributed by atoms with van der Waals surface area (Å²) in [4.78, 5) is 2.12. The number of benzene rings is 1. The van der Waals surface area contributed by atoms with Gasteiger partial charge in [0.15, 0.2) is 0 Å². The van der Waals surface area contributed by atoms with Gasteiger partial charge < -0.3 is 4.90 Å².